The molecule has 0 aliphatic rings. The molecule has 0 radical (unpaired) electrons. The summed E-state index contributed by atoms with van der Waals surface area (Å²) in [5.41, 5.74) is 3.42. The normalized spacial score (nSPS) is 10.6. The molecule has 1 aromatic heterocycles. The Bertz CT molecular complexity index is 707. The fourth-order valence-electron chi connectivity index (χ4n) is 2.22. The summed E-state index contributed by atoms with van der Waals surface area (Å²) >= 11 is 1.71. The summed E-state index contributed by atoms with van der Waals surface area (Å²) in [6, 6.07) is 18.5. The van der Waals surface area contributed by atoms with Crippen molar-refractivity contribution in [2.24, 2.45) is 0 Å². The van der Waals surface area contributed by atoms with Crippen molar-refractivity contribution < 1.29 is 5.11 Å². The first-order chi connectivity index (χ1) is 10.8. The van der Waals surface area contributed by atoms with Gasteiger partial charge in [0.2, 0.25) is 0 Å². The minimum Gasteiger partial charge on any atom is -0.396 e. The maximum absolute atomic E-state index is 8.91. The van der Waals surface area contributed by atoms with E-state index >= 15 is 0 Å². The molecule has 0 bridgehead atoms. The summed E-state index contributed by atoms with van der Waals surface area (Å²) in [5, 5.41) is 13.4. The number of thiazole rings is 1. The van der Waals surface area contributed by atoms with Crippen LogP contribution in [0.15, 0.2) is 60.8 Å². The Kier molecular flexibility index (Phi) is 4.83. The first kappa shape index (κ1) is 14.8. The largest absolute Gasteiger partial charge is 0.396 e. The summed E-state index contributed by atoms with van der Waals surface area (Å²) in [4.78, 5) is 5.67. The van der Waals surface area contributed by atoms with E-state index < -0.39 is 0 Å². The van der Waals surface area contributed by atoms with Crippen LogP contribution in [0.3, 0.4) is 0 Å². The number of nitrogens with zero attached hydrogens (tertiary/aromatic N) is 1. The van der Waals surface area contributed by atoms with E-state index in [1.165, 1.54) is 10.4 Å². The molecule has 4 heteroatoms. The Morgan fingerprint density at radius 1 is 1.00 bits per heavy atom. The van der Waals surface area contributed by atoms with Crippen molar-refractivity contribution in [1.29, 1.82) is 0 Å². The number of hydrogen-bond donors (Lipinski definition) is 2. The number of hydrogen-bond acceptors (Lipinski definition) is 4. The molecule has 0 aliphatic heterocycles. The van der Waals surface area contributed by atoms with Gasteiger partial charge in [0.15, 0.2) is 0 Å². The highest BCUT2D eigenvalue weighted by Gasteiger charge is 2.04. The lowest BCUT2D eigenvalue weighted by atomic mass is 10.1. The van der Waals surface area contributed by atoms with Gasteiger partial charge in [0.05, 0.1) is 11.4 Å². The maximum atomic E-state index is 8.91. The van der Waals surface area contributed by atoms with Crippen LogP contribution in [0.2, 0.25) is 0 Å². The summed E-state index contributed by atoms with van der Waals surface area (Å²) in [5.74, 6) is 0. The molecule has 3 nitrogen and oxygen atoms in total. The lowest BCUT2D eigenvalue weighted by Crippen LogP contribution is -1.99. The third-order valence-electron chi connectivity index (χ3n) is 3.41. The van der Waals surface area contributed by atoms with Crippen LogP contribution in [0.5, 0.6) is 0 Å². The predicted octanol–water partition coefficient (Wildman–Crippen LogP) is 3.96. The topological polar surface area (TPSA) is 45.1 Å². The first-order valence-corrected chi connectivity index (χ1v) is 8.10. The molecule has 0 fully saturated rings. The van der Waals surface area contributed by atoms with Crippen LogP contribution in [-0.4, -0.2) is 16.7 Å². The van der Waals surface area contributed by atoms with Gasteiger partial charge in [0, 0.05) is 18.5 Å². The van der Waals surface area contributed by atoms with E-state index in [9.17, 15) is 0 Å². The second-order valence-electron chi connectivity index (χ2n) is 5.01. The number of rotatable bonds is 6. The zero-order valence-electron chi connectivity index (χ0n) is 12.2. The smallest absolute Gasteiger partial charge is 0.112 e. The molecule has 1 heterocycles. The molecular formula is C18H18N2OS. The Morgan fingerprint density at radius 2 is 1.77 bits per heavy atom. The Labute approximate surface area is 134 Å². The first-order valence-electron chi connectivity index (χ1n) is 7.29. The number of aliphatic hydroxyl groups excluding tert-OH is 1. The van der Waals surface area contributed by atoms with E-state index in [1.54, 1.807) is 11.3 Å². The van der Waals surface area contributed by atoms with Gasteiger partial charge in [-0.2, -0.15) is 0 Å². The van der Waals surface area contributed by atoms with Crippen molar-refractivity contribution >= 4 is 17.0 Å². The Morgan fingerprint density at radius 3 is 2.50 bits per heavy atom. The van der Waals surface area contributed by atoms with Crippen molar-refractivity contribution in [3.8, 4) is 10.4 Å². The standard InChI is InChI=1S/C18H18N2OS/c21-11-10-14-6-8-16(9-7-14)19-13-18-20-12-17(22-18)15-4-2-1-3-5-15/h1-9,12,19,21H,10-11,13H2. The Hall–Kier alpha value is -2.17. The highest BCUT2D eigenvalue weighted by molar-refractivity contribution is 7.15. The molecule has 0 saturated heterocycles. The van der Waals surface area contributed by atoms with Crippen molar-refractivity contribution in [3.05, 3.63) is 71.4 Å². The molecule has 0 aliphatic carbocycles. The molecule has 0 atom stereocenters. The molecule has 2 aromatic carbocycles. The third kappa shape index (κ3) is 3.72. The second-order valence-corrected chi connectivity index (χ2v) is 6.12. The van der Waals surface area contributed by atoms with Crippen molar-refractivity contribution in [2.75, 3.05) is 11.9 Å². The van der Waals surface area contributed by atoms with Gasteiger partial charge in [-0.1, -0.05) is 42.5 Å². The lowest BCUT2D eigenvalue weighted by molar-refractivity contribution is 0.299. The van der Waals surface area contributed by atoms with Crippen molar-refractivity contribution in [3.63, 3.8) is 0 Å². The summed E-state index contributed by atoms with van der Waals surface area (Å²) in [7, 11) is 0. The van der Waals surface area contributed by atoms with Gasteiger partial charge in [-0.3, -0.25) is 0 Å². The average Bonchev–Trinajstić information content (AvgIpc) is 3.04. The molecule has 22 heavy (non-hydrogen) atoms. The fourth-order valence-corrected chi connectivity index (χ4v) is 3.09. The van der Waals surface area contributed by atoms with E-state index in [-0.39, 0.29) is 6.61 Å². The number of nitrogens with one attached hydrogen (secondary N) is 1. The van der Waals surface area contributed by atoms with Crippen molar-refractivity contribution in [2.45, 2.75) is 13.0 Å². The van der Waals surface area contributed by atoms with Gasteiger partial charge in [-0.05, 0) is 29.7 Å². The average molecular weight is 310 g/mol. The van der Waals surface area contributed by atoms with Crippen LogP contribution in [0.1, 0.15) is 10.6 Å². The number of benzene rings is 2. The quantitative estimate of drug-likeness (QED) is 0.724. The van der Waals surface area contributed by atoms with Crippen molar-refractivity contribution in [1.82, 2.24) is 4.98 Å². The highest BCUT2D eigenvalue weighted by Crippen LogP contribution is 2.26. The van der Waals surface area contributed by atoms with Gasteiger partial charge >= 0.3 is 0 Å². The number of aromatic nitrogens is 1. The van der Waals surface area contributed by atoms with E-state index in [4.69, 9.17) is 5.11 Å². The minimum atomic E-state index is 0.189. The molecule has 0 saturated carbocycles. The van der Waals surface area contributed by atoms with Gasteiger partial charge in [0.1, 0.15) is 5.01 Å². The highest BCUT2D eigenvalue weighted by atomic mass is 32.1. The van der Waals surface area contributed by atoms with Gasteiger partial charge in [0.25, 0.3) is 0 Å². The van der Waals surface area contributed by atoms with Gasteiger partial charge in [-0.25, -0.2) is 4.98 Å². The van der Waals surface area contributed by atoms with Gasteiger partial charge in [-0.15, -0.1) is 11.3 Å². The fraction of sp³-hybridized carbons (Fsp3) is 0.167. The van der Waals surface area contributed by atoms with Crippen LogP contribution < -0.4 is 5.32 Å². The monoisotopic (exact) mass is 310 g/mol. The molecule has 0 spiro atoms. The summed E-state index contributed by atoms with van der Waals surface area (Å²) < 4.78 is 0. The van der Waals surface area contributed by atoms with Crippen LogP contribution in [0.4, 0.5) is 5.69 Å². The van der Waals surface area contributed by atoms with Crippen LogP contribution >= 0.6 is 11.3 Å². The molecular weight excluding hydrogens is 292 g/mol. The second kappa shape index (κ2) is 7.20. The molecule has 3 aromatic rings. The number of anilines is 1. The van der Waals surface area contributed by atoms with Crippen LogP contribution in [-0.2, 0) is 13.0 Å². The zero-order chi connectivity index (χ0) is 15.2. The summed E-state index contributed by atoms with van der Waals surface area (Å²) in [6.45, 7) is 0.908. The molecule has 0 amide bonds. The van der Waals surface area contributed by atoms with E-state index in [1.807, 2.05) is 48.7 Å². The number of aliphatic hydroxyl groups is 1. The SMILES string of the molecule is OCCc1ccc(NCc2ncc(-c3ccccc3)s2)cc1. The van der Waals surface area contributed by atoms with E-state index in [2.05, 4.69) is 22.4 Å². The zero-order valence-corrected chi connectivity index (χ0v) is 13.0. The van der Waals surface area contributed by atoms with Gasteiger partial charge < -0.3 is 10.4 Å². The molecule has 112 valence electrons. The maximum Gasteiger partial charge on any atom is 0.112 e. The van der Waals surface area contributed by atoms with Crippen LogP contribution in [0.25, 0.3) is 10.4 Å². The summed E-state index contributed by atoms with van der Waals surface area (Å²) in [6.07, 6.45) is 2.63. The molecule has 2 N–H and O–H groups in total. The minimum absolute atomic E-state index is 0.189. The van der Waals surface area contributed by atoms with E-state index in [0.29, 0.717) is 6.42 Å². The van der Waals surface area contributed by atoms with Crippen LogP contribution in [0, 0.1) is 0 Å². The molecule has 0 unspecified atom stereocenters. The predicted molar refractivity (Wildman–Crippen MR) is 92.1 cm³/mol. The van der Waals surface area contributed by atoms with E-state index in [0.717, 1.165) is 22.8 Å². The Balaban J connectivity index is 1.61. The lowest BCUT2D eigenvalue weighted by Gasteiger charge is -2.05. The third-order valence-corrected chi connectivity index (χ3v) is 4.46. The molecule has 3 rings (SSSR count).